The minimum absolute atomic E-state index is 0.0431. The van der Waals surface area contributed by atoms with Gasteiger partial charge in [-0.15, -0.1) is 0 Å². The number of hydrogen-bond donors (Lipinski definition) is 1. The molecule has 0 aliphatic heterocycles. The van der Waals surface area contributed by atoms with E-state index < -0.39 is 0 Å². The van der Waals surface area contributed by atoms with Gasteiger partial charge in [0.05, 0.1) is 12.1 Å². The second-order valence-corrected chi connectivity index (χ2v) is 5.62. The highest BCUT2D eigenvalue weighted by Gasteiger charge is 2.28. The molecular formula is C17H23NO2. The molecule has 1 amide bonds. The van der Waals surface area contributed by atoms with E-state index >= 15 is 0 Å². The van der Waals surface area contributed by atoms with Crippen molar-refractivity contribution >= 4 is 12.0 Å². The summed E-state index contributed by atoms with van der Waals surface area (Å²) in [7, 11) is 1.78. The predicted octanol–water partition coefficient (Wildman–Crippen LogP) is 2.77. The molecule has 2 unspecified atom stereocenters. The Morgan fingerprint density at radius 2 is 2.10 bits per heavy atom. The second kappa shape index (κ2) is 6.71. The first kappa shape index (κ1) is 14.8. The second-order valence-electron chi connectivity index (χ2n) is 5.62. The lowest BCUT2D eigenvalue weighted by Crippen LogP contribution is -2.45. The number of carbonyl (C=O) groups excluding carboxylic acids is 1. The molecule has 2 rings (SSSR count). The van der Waals surface area contributed by atoms with Crippen LogP contribution in [0.25, 0.3) is 6.08 Å². The number of nitrogens with zero attached hydrogens (tertiary/aromatic N) is 1. The Kier molecular flexibility index (Phi) is 4.96. The van der Waals surface area contributed by atoms with Gasteiger partial charge in [-0.1, -0.05) is 42.7 Å². The van der Waals surface area contributed by atoms with E-state index in [2.05, 4.69) is 0 Å². The lowest BCUT2D eigenvalue weighted by Gasteiger charge is -2.34. The highest BCUT2D eigenvalue weighted by Crippen LogP contribution is 2.22. The zero-order chi connectivity index (χ0) is 14.5. The fourth-order valence-electron chi connectivity index (χ4n) is 2.77. The predicted molar refractivity (Wildman–Crippen MR) is 81.2 cm³/mol. The van der Waals surface area contributed by atoms with Gasteiger partial charge in [0, 0.05) is 13.1 Å². The number of benzene rings is 1. The Labute approximate surface area is 120 Å². The van der Waals surface area contributed by atoms with Crippen molar-refractivity contribution in [2.24, 2.45) is 0 Å². The standard InChI is InChI=1S/C17H23NO2/c1-13-6-5-7-14(12-13)10-11-17(20)18(2)15-8-3-4-9-16(15)19/h5-7,10-12,15-16,19H,3-4,8-9H2,1-2H3/b11-10+. The molecule has 20 heavy (non-hydrogen) atoms. The molecule has 1 fully saturated rings. The first-order valence-corrected chi connectivity index (χ1v) is 7.27. The van der Waals surface area contributed by atoms with E-state index in [1.807, 2.05) is 37.3 Å². The Balaban J connectivity index is 2.00. The molecule has 0 bridgehead atoms. The maximum Gasteiger partial charge on any atom is 0.246 e. The van der Waals surface area contributed by atoms with E-state index in [1.54, 1.807) is 18.0 Å². The quantitative estimate of drug-likeness (QED) is 0.860. The molecule has 0 radical (unpaired) electrons. The molecule has 0 aromatic heterocycles. The molecule has 1 aromatic rings. The summed E-state index contributed by atoms with van der Waals surface area (Å²) in [5, 5.41) is 9.99. The SMILES string of the molecule is Cc1cccc(/C=C/C(=O)N(C)C2CCCCC2O)c1. The number of aryl methyl sites for hydroxylation is 1. The van der Waals surface area contributed by atoms with Crippen LogP contribution in [0.15, 0.2) is 30.3 Å². The number of likely N-dealkylation sites (N-methyl/N-ethyl adjacent to an activating group) is 1. The molecule has 0 heterocycles. The van der Waals surface area contributed by atoms with Crippen LogP contribution in [0.1, 0.15) is 36.8 Å². The average molecular weight is 273 g/mol. The summed E-state index contributed by atoms with van der Waals surface area (Å²) in [6.45, 7) is 2.03. The molecule has 2 atom stereocenters. The largest absolute Gasteiger partial charge is 0.391 e. The Hall–Kier alpha value is -1.61. The first-order chi connectivity index (χ1) is 9.58. The Morgan fingerprint density at radius 1 is 1.35 bits per heavy atom. The van der Waals surface area contributed by atoms with Gasteiger partial charge >= 0.3 is 0 Å². The van der Waals surface area contributed by atoms with E-state index in [0.717, 1.165) is 31.2 Å². The summed E-state index contributed by atoms with van der Waals surface area (Å²) in [6, 6.07) is 7.99. The summed E-state index contributed by atoms with van der Waals surface area (Å²) < 4.78 is 0. The average Bonchev–Trinajstić information content (AvgIpc) is 2.44. The molecule has 3 heteroatoms. The van der Waals surface area contributed by atoms with Crippen molar-refractivity contribution in [2.45, 2.75) is 44.8 Å². The van der Waals surface area contributed by atoms with Crippen LogP contribution in [0, 0.1) is 6.92 Å². The normalized spacial score (nSPS) is 22.9. The zero-order valence-electron chi connectivity index (χ0n) is 12.2. The molecule has 0 spiro atoms. The van der Waals surface area contributed by atoms with Crippen LogP contribution in [0.5, 0.6) is 0 Å². The van der Waals surface area contributed by atoms with Gasteiger partial charge in [-0.05, 0) is 31.4 Å². The van der Waals surface area contributed by atoms with Crippen LogP contribution in [0.3, 0.4) is 0 Å². The fourth-order valence-corrected chi connectivity index (χ4v) is 2.77. The van der Waals surface area contributed by atoms with Crippen LogP contribution in [0.2, 0.25) is 0 Å². The number of aliphatic hydroxyl groups excluding tert-OH is 1. The van der Waals surface area contributed by atoms with Crippen LogP contribution < -0.4 is 0 Å². The van der Waals surface area contributed by atoms with Crippen LogP contribution >= 0.6 is 0 Å². The molecule has 1 aliphatic rings. The fraction of sp³-hybridized carbons (Fsp3) is 0.471. The number of hydrogen-bond acceptors (Lipinski definition) is 2. The van der Waals surface area contributed by atoms with Crippen molar-refractivity contribution < 1.29 is 9.90 Å². The maximum absolute atomic E-state index is 12.2. The van der Waals surface area contributed by atoms with E-state index in [-0.39, 0.29) is 18.1 Å². The van der Waals surface area contributed by atoms with Crippen LogP contribution in [0.4, 0.5) is 0 Å². The molecule has 0 saturated heterocycles. The minimum atomic E-state index is -0.384. The summed E-state index contributed by atoms with van der Waals surface area (Å²) in [5.41, 5.74) is 2.20. The van der Waals surface area contributed by atoms with Crippen molar-refractivity contribution in [2.75, 3.05) is 7.05 Å². The molecule has 1 N–H and O–H groups in total. The smallest absolute Gasteiger partial charge is 0.246 e. The summed E-state index contributed by atoms with van der Waals surface area (Å²) >= 11 is 0. The third kappa shape index (κ3) is 3.70. The van der Waals surface area contributed by atoms with Gasteiger partial charge < -0.3 is 10.0 Å². The van der Waals surface area contributed by atoms with Crippen molar-refractivity contribution in [1.82, 2.24) is 4.90 Å². The van der Waals surface area contributed by atoms with E-state index in [0.29, 0.717) is 0 Å². The van der Waals surface area contributed by atoms with Gasteiger partial charge in [0.25, 0.3) is 0 Å². The number of aliphatic hydroxyl groups is 1. The van der Waals surface area contributed by atoms with Gasteiger partial charge in [-0.25, -0.2) is 0 Å². The van der Waals surface area contributed by atoms with Gasteiger partial charge in [0.2, 0.25) is 5.91 Å². The van der Waals surface area contributed by atoms with Gasteiger partial charge in [0.15, 0.2) is 0 Å². The monoisotopic (exact) mass is 273 g/mol. The number of carbonyl (C=O) groups is 1. The van der Waals surface area contributed by atoms with Gasteiger partial charge in [0.1, 0.15) is 0 Å². The van der Waals surface area contributed by atoms with Crippen molar-refractivity contribution in [3.8, 4) is 0 Å². The topological polar surface area (TPSA) is 40.5 Å². The van der Waals surface area contributed by atoms with Crippen LogP contribution in [-0.2, 0) is 4.79 Å². The Morgan fingerprint density at radius 3 is 2.80 bits per heavy atom. The maximum atomic E-state index is 12.2. The summed E-state index contributed by atoms with van der Waals surface area (Å²) in [4.78, 5) is 13.9. The zero-order valence-corrected chi connectivity index (χ0v) is 12.2. The minimum Gasteiger partial charge on any atom is -0.391 e. The third-order valence-corrected chi connectivity index (χ3v) is 4.00. The summed E-state index contributed by atoms with van der Waals surface area (Å²) in [5.74, 6) is -0.0440. The lowest BCUT2D eigenvalue weighted by atomic mass is 9.91. The van der Waals surface area contributed by atoms with E-state index in [1.165, 1.54) is 5.56 Å². The van der Waals surface area contributed by atoms with Crippen LogP contribution in [-0.4, -0.2) is 35.1 Å². The highest BCUT2D eigenvalue weighted by molar-refractivity contribution is 5.91. The number of amides is 1. The van der Waals surface area contributed by atoms with Crippen molar-refractivity contribution in [1.29, 1.82) is 0 Å². The molecule has 3 nitrogen and oxygen atoms in total. The number of rotatable bonds is 3. The van der Waals surface area contributed by atoms with Gasteiger partial charge in [-0.2, -0.15) is 0 Å². The van der Waals surface area contributed by atoms with E-state index in [4.69, 9.17) is 0 Å². The third-order valence-electron chi connectivity index (χ3n) is 4.00. The Bertz CT molecular complexity index is 496. The van der Waals surface area contributed by atoms with Crippen molar-refractivity contribution in [3.05, 3.63) is 41.5 Å². The highest BCUT2D eigenvalue weighted by atomic mass is 16.3. The van der Waals surface area contributed by atoms with E-state index in [9.17, 15) is 9.90 Å². The molecule has 1 saturated carbocycles. The molecular weight excluding hydrogens is 250 g/mol. The first-order valence-electron chi connectivity index (χ1n) is 7.27. The molecule has 1 aromatic carbocycles. The lowest BCUT2D eigenvalue weighted by molar-refractivity contribution is -0.130. The van der Waals surface area contributed by atoms with Gasteiger partial charge in [-0.3, -0.25) is 4.79 Å². The van der Waals surface area contributed by atoms with Crippen molar-refractivity contribution in [3.63, 3.8) is 0 Å². The molecule has 1 aliphatic carbocycles. The molecule has 108 valence electrons. The summed E-state index contributed by atoms with van der Waals surface area (Å²) in [6.07, 6.45) is 6.87.